The Labute approximate surface area is 144 Å². The van der Waals surface area contributed by atoms with Crippen molar-refractivity contribution in [3.05, 3.63) is 65.2 Å². The Morgan fingerprint density at radius 2 is 2.08 bits per heavy atom. The molecule has 2 aromatic rings. The van der Waals surface area contributed by atoms with Crippen molar-refractivity contribution in [2.24, 2.45) is 0 Å². The van der Waals surface area contributed by atoms with E-state index in [1.165, 1.54) is 42.6 Å². The Balaban J connectivity index is 1.47. The zero-order valence-corrected chi connectivity index (χ0v) is 14.4. The third-order valence-electron chi connectivity index (χ3n) is 5.49. The van der Waals surface area contributed by atoms with Gasteiger partial charge in [-0.25, -0.2) is 9.97 Å². The molecule has 1 aromatic heterocycles. The Kier molecular flexibility index (Phi) is 4.19. The van der Waals surface area contributed by atoms with Gasteiger partial charge in [0, 0.05) is 24.7 Å². The van der Waals surface area contributed by atoms with Crippen LogP contribution in [-0.4, -0.2) is 34.5 Å². The number of aryl methyl sites for hydroxylation is 2. The predicted molar refractivity (Wildman–Crippen MR) is 97.9 cm³/mol. The molecule has 2 heterocycles. The van der Waals surface area contributed by atoms with E-state index >= 15 is 0 Å². The number of benzene rings is 1. The summed E-state index contributed by atoms with van der Waals surface area (Å²) in [7, 11) is 0. The summed E-state index contributed by atoms with van der Waals surface area (Å²) in [6, 6.07) is 10.6. The lowest BCUT2D eigenvalue weighted by atomic mass is 9.77. The summed E-state index contributed by atoms with van der Waals surface area (Å²) < 4.78 is 0. The second kappa shape index (κ2) is 6.48. The molecule has 1 aromatic carbocycles. The van der Waals surface area contributed by atoms with Gasteiger partial charge in [0.05, 0.1) is 5.69 Å². The van der Waals surface area contributed by atoms with Crippen molar-refractivity contribution >= 4 is 6.08 Å². The molecule has 1 aliphatic heterocycles. The smallest absolute Gasteiger partial charge is 0.125 e. The van der Waals surface area contributed by atoms with Crippen molar-refractivity contribution in [3.63, 3.8) is 0 Å². The van der Waals surface area contributed by atoms with Gasteiger partial charge < -0.3 is 0 Å². The van der Waals surface area contributed by atoms with E-state index in [0.717, 1.165) is 25.3 Å². The van der Waals surface area contributed by atoms with Gasteiger partial charge in [0.15, 0.2) is 0 Å². The fourth-order valence-electron chi connectivity index (χ4n) is 4.31. The van der Waals surface area contributed by atoms with Crippen LogP contribution in [0.2, 0.25) is 0 Å². The Morgan fingerprint density at radius 3 is 2.96 bits per heavy atom. The molecule has 124 valence electrons. The van der Waals surface area contributed by atoms with Crippen molar-refractivity contribution < 1.29 is 0 Å². The first-order valence-corrected chi connectivity index (χ1v) is 9.02. The first-order valence-electron chi connectivity index (χ1n) is 9.02. The molecule has 3 heteroatoms. The maximum absolute atomic E-state index is 4.84. The molecule has 1 atom stereocenters. The first-order chi connectivity index (χ1) is 11.8. The normalized spacial score (nSPS) is 23.9. The lowest BCUT2D eigenvalue weighted by molar-refractivity contribution is 0.156. The number of piperidine rings is 1. The van der Waals surface area contributed by atoms with Crippen molar-refractivity contribution in [2.75, 3.05) is 19.6 Å². The highest BCUT2D eigenvalue weighted by molar-refractivity contribution is 5.48. The SMILES string of the molecule is Cc1ncc2c(n1)C1(CCCN(CC=Cc3ccccc3)C1)CC2. The average molecular weight is 319 g/mol. The number of hydrogen-bond acceptors (Lipinski definition) is 3. The second-order valence-corrected chi connectivity index (χ2v) is 7.22. The van der Waals surface area contributed by atoms with Gasteiger partial charge in [0.1, 0.15) is 5.82 Å². The number of aromatic nitrogens is 2. The predicted octanol–water partition coefficient (Wildman–Crippen LogP) is 3.78. The van der Waals surface area contributed by atoms with E-state index in [-0.39, 0.29) is 5.41 Å². The number of likely N-dealkylation sites (tertiary alicyclic amines) is 1. The van der Waals surface area contributed by atoms with Crippen LogP contribution in [-0.2, 0) is 11.8 Å². The van der Waals surface area contributed by atoms with Gasteiger partial charge in [-0.05, 0) is 50.3 Å². The fourth-order valence-corrected chi connectivity index (χ4v) is 4.31. The molecule has 1 saturated heterocycles. The highest BCUT2D eigenvalue weighted by Gasteiger charge is 2.43. The van der Waals surface area contributed by atoms with E-state index in [9.17, 15) is 0 Å². The van der Waals surface area contributed by atoms with Gasteiger partial charge in [-0.1, -0.05) is 42.5 Å². The van der Waals surface area contributed by atoms with E-state index in [4.69, 9.17) is 4.98 Å². The monoisotopic (exact) mass is 319 g/mol. The minimum Gasteiger partial charge on any atom is -0.299 e. The van der Waals surface area contributed by atoms with Gasteiger partial charge in [0.2, 0.25) is 0 Å². The molecule has 0 bridgehead atoms. The van der Waals surface area contributed by atoms with Crippen LogP contribution in [0.5, 0.6) is 0 Å². The molecule has 24 heavy (non-hydrogen) atoms. The van der Waals surface area contributed by atoms with Crippen molar-refractivity contribution in [1.82, 2.24) is 14.9 Å². The van der Waals surface area contributed by atoms with Crippen LogP contribution in [0.1, 0.15) is 41.9 Å². The zero-order chi connectivity index (χ0) is 16.4. The molecule has 1 spiro atoms. The molecular formula is C21H25N3. The third-order valence-corrected chi connectivity index (χ3v) is 5.49. The Bertz CT molecular complexity index is 734. The topological polar surface area (TPSA) is 29.0 Å². The summed E-state index contributed by atoms with van der Waals surface area (Å²) in [6.07, 6.45) is 11.5. The van der Waals surface area contributed by atoms with Gasteiger partial charge in [-0.3, -0.25) is 4.90 Å². The van der Waals surface area contributed by atoms with Crippen LogP contribution in [0.15, 0.2) is 42.6 Å². The molecule has 0 N–H and O–H groups in total. The maximum Gasteiger partial charge on any atom is 0.125 e. The largest absolute Gasteiger partial charge is 0.299 e. The summed E-state index contributed by atoms with van der Waals surface area (Å²) >= 11 is 0. The average Bonchev–Trinajstić information content (AvgIpc) is 2.94. The minimum absolute atomic E-state index is 0.266. The van der Waals surface area contributed by atoms with Gasteiger partial charge >= 0.3 is 0 Å². The maximum atomic E-state index is 4.84. The summed E-state index contributed by atoms with van der Waals surface area (Å²) in [5.41, 5.74) is 4.26. The number of nitrogens with zero attached hydrogens (tertiary/aromatic N) is 3. The highest BCUT2D eigenvalue weighted by Crippen LogP contribution is 2.43. The molecule has 2 aliphatic rings. The second-order valence-electron chi connectivity index (χ2n) is 7.22. The summed E-state index contributed by atoms with van der Waals surface area (Å²) in [5.74, 6) is 0.913. The molecule has 0 saturated carbocycles. The van der Waals surface area contributed by atoms with Crippen LogP contribution < -0.4 is 0 Å². The lowest BCUT2D eigenvalue weighted by Gasteiger charge is -2.40. The molecular weight excluding hydrogens is 294 g/mol. The van der Waals surface area contributed by atoms with Gasteiger partial charge in [0.25, 0.3) is 0 Å². The minimum atomic E-state index is 0.266. The molecule has 1 aliphatic carbocycles. The standard InChI is InChI=1S/C21H25N3/c1-17-22-15-19-10-12-21(20(19)23-17)11-6-14-24(16-21)13-5-9-18-7-3-2-4-8-18/h2-5,7-9,15H,6,10-14,16H2,1H3. The molecule has 1 fully saturated rings. The third kappa shape index (κ3) is 3.01. The van der Waals surface area contributed by atoms with Crippen LogP contribution in [0.4, 0.5) is 0 Å². The quantitative estimate of drug-likeness (QED) is 0.862. The number of rotatable bonds is 3. The molecule has 4 rings (SSSR count). The lowest BCUT2D eigenvalue weighted by Crippen LogP contribution is -2.45. The Hall–Kier alpha value is -2.00. The van der Waals surface area contributed by atoms with E-state index < -0.39 is 0 Å². The van der Waals surface area contributed by atoms with Crippen LogP contribution in [0.3, 0.4) is 0 Å². The van der Waals surface area contributed by atoms with Crippen molar-refractivity contribution in [3.8, 4) is 0 Å². The molecule has 0 amide bonds. The van der Waals surface area contributed by atoms with Crippen LogP contribution in [0, 0.1) is 6.92 Å². The summed E-state index contributed by atoms with van der Waals surface area (Å²) in [5, 5.41) is 0. The van der Waals surface area contributed by atoms with E-state index in [1.807, 2.05) is 6.92 Å². The number of fused-ring (bicyclic) bond motifs is 2. The fraction of sp³-hybridized carbons (Fsp3) is 0.429. The van der Waals surface area contributed by atoms with Crippen LogP contribution >= 0.6 is 0 Å². The summed E-state index contributed by atoms with van der Waals surface area (Å²) in [6.45, 7) is 5.36. The van der Waals surface area contributed by atoms with Gasteiger partial charge in [-0.15, -0.1) is 0 Å². The van der Waals surface area contributed by atoms with E-state index in [0.29, 0.717) is 0 Å². The first kappa shape index (κ1) is 15.5. The van der Waals surface area contributed by atoms with Crippen molar-refractivity contribution in [1.29, 1.82) is 0 Å². The van der Waals surface area contributed by atoms with Crippen LogP contribution in [0.25, 0.3) is 6.08 Å². The van der Waals surface area contributed by atoms with Gasteiger partial charge in [-0.2, -0.15) is 0 Å². The zero-order valence-electron chi connectivity index (χ0n) is 14.4. The molecule has 3 nitrogen and oxygen atoms in total. The summed E-state index contributed by atoms with van der Waals surface area (Å²) in [4.78, 5) is 11.8. The number of hydrogen-bond donors (Lipinski definition) is 0. The highest BCUT2D eigenvalue weighted by atomic mass is 15.1. The van der Waals surface area contributed by atoms with E-state index in [1.54, 1.807) is 0 Å². The van der Waals surface area contributed by atoms with Crippen molar-refractivity contribution in [2.45, 2.75) is 38.0 Å². The molecule has 0 radical (unpaired) electrons. The Morgan fingerprint density at radius 1 is 1.21 bits per heavy atom. The molecule has 1 unspecified atom stereocenters. The van der Waals surface area contributed by atoms with E-state index in [2.05, 4.69) is 58.6 Å².